The second-order valence-electron chi connectivity index (χ2n) is 6.69. The predicted molar refractivity (Wildman–Crippen MR) is 99.1 cm³/mol. The molecule has 1 aliphatic rings. The van der Waals surface area contributed by atoms with Crippen molar-refractivity contribution in [1.82, 2.24) is 14.9 Å². The van der Waals surface area contributed by atoms with Crippen molar-refractivity contribution >= 4 is 5.91 Å². The van der Waals surface area contributed by atoms with Crippen LogP contribution in [-0.4, -0.2) is 33.9 Å². The van der Waals surface area contributed by atoms with Crippen LogP contribution in [0.5, 0.6) is 5.75 Å². The van der Waals surface area contributed by atoms with Crippen molar-refractivity contribution in [1.29, 1.82) is 0 Å². The van der Waals surface area contributed by atoms with Crippen molar-refractivity contribution in [3.63, 3.8) is 0 Å². The average molecular weight is 381 g/mol. The van der Waals surface area contributed by atoms with E-state index in [4.69, 9.17) is 9.15 Å². The maximum atomic E-state index is 13.0. The topological polar surface area (TPSA) is 68.5 Å². The summed E-state index contributed by atoms with van der Waals surface area (Å²) in [5.74, 6) is 1.40. The minimum absolute atomic E-state index is 0.0503. The number of hydrogen-bond donors (Lipinski definition) is 0. The minimum Gasteiger partial charge on any atom is -0.482 e. The molecule has 1 amide bonds. The van der Waals surface area contributed by atoms with E-state index in [0.29, 0.717) is 30.4 Å². The second kappa shape index (κ2) is 8.21. The van der Waals surface area contributed by atoms with Crippen LogP contribution in [0.1, 0.15) is 36.1 Å². The number of hydrogen-bond acceptors (Lipinski definition) is 5. The fraction of sp³-hybridized carbons (Fsp3) is 0.286. The number of rotatable bonds is 6. The molecular weight excluding hydrogens is 361 g/mol. The van der Waals surface area contributed by atoms with E-state index in [1.54, 1.807) is 47.8 Å². The predicted octanol–water partition coefficient (Wildman–Crippen LogP) is 3.54. The molecule has 1 atom stereocenters. The van der Waals surface area contributed by atoms with Crippen LogP contribution >= 0.6 is 0 Å². The molecule has 0 radical (unpaired) electrons. The van der Waals surface area contributed by atoms with Crippen LogP contribution in [0.3, 0.4) is 0 Å². The van der Waals surface area contributed by atoms with Gasteiger partial charge in [0.25, 0.3) is 5.91 Å². The number of nitrogens with zero attached hydrogens (tertiary/aromatic N) is 3. The largest absolute Gasteiger partial charge is 0.482 e. The first-order chi connectivity index (χ1) is 13.7. The molecule has 1 fully saturated rings. The first-order valence-electron chi connectivity index (χ1n) is 9.20. The standard InChI is InChI=1S/C21H20FN3O3/c22-16-7-5-15(6-8-16)11-18-13-24-21(28-18)19-4-2-10-25(19)20(26)14-27-17-3-1-9-23-12-17/h1,3,5-9,12-13,19H,2,4,10-11,14H2. The molecule has 0 N–H and O–H groups in total. The Kier molecular flexibility index (Phi) is 5.32. The van der Waals surface area contributed by atoms with Gasteiger partial charge in [-0.15, -0.1) is 0 Å². The van der Waals surface area contributed by atoms with Crippen LogP contribution in [-0.2, 0) is 11.2 Å². The molecule has 0 bridgehead atoms. The van der Waals surface area contributed by atoms with Crippen molar-refractivity contribution < 1.29 is 18.3 Å². The third-order valence-corrected chi connectivity index (χ3v) is 4.72. The lowest BCUT2D eigenvalue weighted by Crippen LogP contribution is -2.34. The van der Waals surface area contributed by atoms with Gasteiger partial charge in [-0.2, -0.15) is 0 Å². The highest BCUT2D eigenvalue weighted by Crippen LogP contribution is 2.32. The summed E-state index contributed by atoms with van der Waals surface area (Å²) in [4.78, 5) is 22.7. The van der Waals surface area contributed by atoms with E-state index in [1.807, 2.05) is 0 Å². The summed E-state index contributed by atoms with van der Waals surface area (Å²) in [7, 11) is 0. The van der Waals surface area contributed by atoms with Gasteiger partial charge in [0.05, 0.1) is 12.4 Å². The van der Waals surface area contributed by atoms with Gasteiger partial charge in [0.2, 0.25) is 5.89 Å². The Morgan fingerprint density at radius 3 is 2.89 bits per heavy atom. The summed E-state index contributed by atoms with van der Waals surface area (Å²) in [5, 5.41) is 0. The lowest BCUT2D eigenvalue weighted by atomic mass is 10.1. The summed E-state index contributed by atoms with van der Waals surface area (Å²) in [5.41, 5.74) is 0.938. The van der Waals surface area contributed by atoms with Crippen molar-refractivity contribution in [2.75, 3.05) is 13.2 Å². The van der Waals surface area contributed by atoms with Gasteiger partial charge < -0.3 is 14.1 Å². The normalized spacial score (nSPS) is 16.3. The van der Waals surface area contributed by atoms with E-state index in [2.05, 4.69) is 9.97 Å². The third kappa shape index (κ3) is 4.19. The zero-order valence-corrected chi connectivity index (χ0v) is 15.3. The summed E-state index contributed by atoms with van der Waals surface area (Å²) in [6, 6.07) is 9.62. The molecular formula is C21H20FN3O3. The number of pyridine rings is 1. The number of ether oxygens (including phenoxy) is 1. The zero-order valence-electron chi connectivity index (χ0n) is 15.3. The fourth-order valence-corrected chi connectivity index (χ4v) is 3.34. The molecule has 1 saturated heterocycles. The van der Waals surface area contributed by atoms with E-state index >= 15 is 0 Å². The van der Waals surface area contributed by atoms with Crippen LogP contribution < -0.4 is 4.74 Å². The Morgan fingerprint density at radius 1 is 1.25 bits per heavy atom. The van der Waals surface area contributed by atoms with E-state index < -0.39 is 0 Å². The van der Waals surface area contributed by atoms with Crippen molar-refractivity contribution in [2.24, 2.45) is 0 Å². The molecule has 28 heavy (non-hydrogen) atoms. The molecule has 6 nitrogen and oxygen atoms in total. The fourth-order valence-electron chi connectivity index (χ4n) is 3.34. The molecule has 0 saturated carbocycles. The molecule has 4 rings (SSSR count). The highest BCUT2D eigenvalue weighted by atomic mass is 19.1. The van der Waals surface area contributed by atoms with Gasteiger partial charge in [0, 0.05) is 19.2 Å². The Hall–Kier alpha value is -3.22. The molecule has 0 aliphatic carbocycles. The summed E-state index contributed by atoms with van der Waals surface area (Å²) < 4.78 is 24.5. The second-order valence-corrected chi connectivity index (χ2v) is 6.69. The highest BCUT2D eigenvalue weighted by molar-refractivity contribution is 5.78. The van der Waals surface area contributed by atoms with Crippen LogP contribution in [0.15, 0.2) is 59.4 Å². The third-order valence-electron chi connectivity index (χ3n) is 4.72. The lowest BCUT2D eigenvalue weighted by molar-refractivity contribution is -0.134. The molecule has 1 aliphatic heterocycles. The molecule has 0 spiro atoms. The van der Waals surface area contributed by atoms with Crippen LogP contribution in [0, 0.1) is 5.82 Å². The maximum Gasteiger partial charge on any atom is 0.261 e. The SMILES string of the molecule is O=C(COc1cccnc1)N1CCCC1c1ncc(Cc2ccc(F)cc2)o1. The van der Waals surface area contributed by atoms with E-state index in [0.717, 1.165) is 18.4 Å². The van der Waals surface area contributed by atoms with Gasteiger partial charge in [-0.3, -0.25) is 9.78 Å². The first kappa shape index (κ1) is 18.2. The quantitative estimate of drug-likeness (QED) is 0.653. The molecule has 1 aromatic carbocycles. The Balaban J connectivity index is 1.39. The average Bonchev–Trinajstić information content (AvgIpc) is 3.38. The van der Waals surface area contributed by atoms with Crippen LogP contribution in [0.4, 0.5) is 4.39 Å². The number of benzene rings is 1. The monoisotopic (exact) mass is 381 g/mol. The number of likely N-dealkylation sites (tertiary alicyclic amines) is 1. The summed E-state index contributed by atoms with van der Waals surface area (Å²) >= 11 is 0. The molecule has 7 heteroatoms. The molecule has 1 unspecified atom stereocenters. The van der Waals surface area contributed by atoms with Gasteiger partial charge in [-0.05, 0) is 42.7 Å². The number of aromatic nitrogens is 2. The maximum absolute atomic E-state index is 13.0. The number of amides is 1. The molecule has 2 aromatic heterocycles. The number of halogens is 1. The van der Waals surface area contributed by atoms with Crippen molar-refractivity contribution in [2.45, 2.75) is 25.3 Å². The van der Waals surface area contributed by atoms with E-state index in [1.165, 1.54) is 12.1 Å². The van der Waals surface area contributed by atoms with Gasteiger partial charge in [0.15, 0.2) is 6.61 Å². The zero-order chi connectivity index (χ0) is 19.3. The number of oxazole rings is 1. The van der Waals surface area contributed by atoms with Crippen LogP contribution in [0.2, 0.25) is 0 Å². The molecule has 3 aromatic rings. The summed E-state index contributed by atoms with van der Waals surface area (Å²) in [6.45, 7) is 0.598. The minimum atomic E-state index is -0.268. The van der Waals surface area contributed by atoms with Crippen molar-refractivity contribution in [3.05, 3.63) is 78.0 Å². The van der Waals surface area contributed by atoms with E-state index in [-0.39, 0.29) is 24.4 Å². The van der Waals surface area contributed by atoms with Gasteiger partial charge in [-0.1, -0.05) is 12.1 Å². The molecule has 3 heterocycles. The smallest absolute Gasteiger partial charge is 0.261 e. The van der Waals surface area contributed by atoms with Gasteiger partial charge in [-0.25, -0.2) is 9.37 Å². The Labute approximate surface area is 162 Å². The summed E-state index contributed by atoms with van der Waals surface area (Å²) in [6.07, 6.45) is 7.11. The van der Waals surface area contributed by atoms with Gasteiger partial charge in [0.1, 0.15) is 23.4 Å². The Morgan fingerprint density at radius 2 is 2.11 bits per heavy atom. The van der Waals surface area contributed by atoms with Crippen molar-refractivity contribution in [3.8, 4) is 5.75 Å². The first-order valence-corrected chi connectivity index (χ1v) is 9.20. The van der Waals surface area contributed by atoms with E-state index in [9.17, 15) is 9.18 Å². The lowest BCUT2D eigenvalue weighted by Gasteiger charge is -2.22. The Bertz CT molecular complexity index is 928. The number of carbonyl (C=O) groups is 1. The highest BCUT2D eigenvalue weighted by Gasteiger charge is 2.33. The molecule has 144 valence electrons. The number of carbonyl (C=O) groups excluding carboxylic acids is 1. The van der Waals surface area contributed by atoms with Gasteiger partial charge >= 0.3 is 0 Å². The van der Waals surface area contributed by atoms with Crippen LogP contribution in [0.25, 0.3) is 0 Å².